The molecular formula is C19H14F3N3O2S. The van der Waals surface area contributed by atoms with E-state index in [1.165, 1.54) is 41.0 Å². The molecule has 28 heavy (non-hydrogen) atoms. The second-order valence-corrected chi connectivity index (χ2v) is 8.31. The fourth-order valence-electron chi connectivity index (χ4n) is 3.08. The van der Waals surface area contributed by atoms with Gasteiger partial charge in [-0.1, -0.05) is 24.3 Å². The molecule has 0 radical (unpaired) electrons. The number of rotatable bonds is 3. The quantitative estimate of drug-likeness (QED) is 0.664. The summed E-state index contributed by atoms with van der Waals surface area (Å²) in [6.07, 6.45) is -1.47. The standard InChI is InChI=1S/C19H14F3N3O2S/c20-19(21,22)16-3-1-2-14(8-16)13-4-6-17(7-5-13)28(26,27)25-10-15-9-23-12-24-18(15)11-25/h1-9,12H,10-11H2. The van der Waals surface area contributed by atoms with Crippen molar-refractivity contribution in [3.63, 3.8) is 0 Å². The van der Waals surface area contributed by atoms with Crippen LogP contribution in [0.4, 0.5) is 13.2 Å². The summed E-state index contributed by atoms with van der Waals surface area (Å²) in [7, 11) is -3.75. The maximum Gasteiger partial charge on any atom is 0.416 e. The predicted molar refractivity (Wildman–Crippen MR) is 95.3 cm³/mol. The zero-order chi connectivity index (χ0) is 19.9. The molecule has 0 amide bonds. The molecule has 5 nitrogen and oxygen atoms in total. The lowest BCUT2D eigenvalue weighted by atomic mass is 10.0. The molecule has 3 aromatic rings. The number of hydrogen-bond acceptors (Lipinski definition) is 4. The summed E-state index contributed by atoms with van der Waals surface area (Å²) in [6.45, 7) is 0.351. The molecular weight excluding hydrogens is 391 g/mol. The number of alkyl halides is 3. The van der Waals surface area contributed by atoms with E-state index in [1.807, 2.05) is 0 Å². The summed E-state index contributed by atoms with van der Waals surface area (Å²) >= 11 is 0. The topological polar surface area (TPSA) is 63.2 Å². The van der Waals surface area contributed by atoms with Crippen molar-refractivity contribution in [2.75, 3.05) is 0 Å². The summed E-state index contributed by atoms with van der Waals surface area (Å²) in [4.78, 5) is 8.06. The molecule has 1 aliphatic heterocycles. The van der Waals surface area contributed by atoms with E-state index >= 15 is 0 Å². The van der Waals surface area contributed by atoms with Gasteiger partial charge in [0.05, 0.1) is 22.7 Å². The van der Waals surface area contributed by atoms with Crippen molar-refractivity contribution in [3.05, 3.63) is 77.9 Å². The molecule has 2 aromatic carbocycles. The molecule has 0 spiro atoms. The minimum absolute atomic E-state index is 0.0731. The van der Waals surface area contributed by atoms with E-state index in [2.05, 4.69) is 9.97 Å². The van der Waals surface area contributed by atoms with Crippen LogP contribution in [-0.2, 0) is 29.3 Å². The largest absolute Gasteiger partial charge is 0.416 e. The minimum Gasteiger partial charge on any atom is -0.244 e. The van der Waals surface area contributed by atoms with Crippen molar-refractivity contribution in [3.8, 4) is 11.1 Å². The first-order valence-corrected chi connectivity index (χ1v) is 9.75. The second kappa shape index (κ2) is 6.68. The van der Waals surface area contributed by atoms with Gasteiger partial charge in [-0.05, 0) is 35.4 Å². The van der Waals surface area contributed by atoms with Crippen LogP contribution in [0, 0.1) is 0 Å². The molecule has 4 rings (SSSR count). The van der Waals surface area contributed by atoms with Gasteiger partial charge in [-0.3, -0.25) is 0 Å². The number of halogens is 3. The average Bonchev–Trinajstić information content (AvgIpc) is 3.13. The van der Waals surface area contributed by atoms with Crippen LogP contribution in [0.3, 0.4) is 0 Å². The highest BCUT2D eigenvalue weighted by molar-refractivity contribution is 7.89. The third-order valence-corrected chi connectivity index (χ3v) is 6.38. The Hall–Kier alpha value is -2.78. The van der Waals surface area contributed by atoms with Crippen molar-refractivity contribution < 1.29 is 21.6 Å². The third-order valence-electron chi connectivity index (χ3n) is 4.57. The molecule has 0 aliphatic carbocycles. The monoisotopic (exact) mass is 405 g/mol. The molecule has 0 atom stereocenters. The van der Waals surface area contributed by atoms with Crippen molar-refractivity contribution in [2.24, 2.45) is 0 Å². The van der Waals surface area contributed by atoms with Crippen LogP contribution >= 0.6 is 0 Å². The van der Waals surface area contributed by atoms with Gasteiger partial charge < -0.3 is 0 Å². The summed E-state index contributed by atoms with van der Waals surface area (Å²) in [5.41, 5.74) is 1.53. The predicted octanol–water partition coefficient (Wildman–Crippen LogP) is 3.87. The number of hydrogen-bond donors (Lipinski definition) is 0. The molecule has 1 aliphatic rings. The number of benzene rings is 2. The lowest BCUT2D eigenvalue weighted by molar-refractivity contribution is -0.137. The van der Waals surface area contributed by atoms with Gasteiger partial charge in [-0.2, -0.15) is 17.5 Å². The first kappa shape index (κ1) is 18.6. The Morgan fingerprint density at radius 3 is 2.39 bits per heavy atom. The van der Waals surface area contributed by atoms with E-state index in [0.29, 0.717) is 16.8 Å². The number of fused-ring (bicyclic) bond motifs is 1. The summed E-state index contributed by atoms with van der Waals surface area (Å²) in [5, 5.41) is 0. The van der Waals surface area contributed by atoms with Crippen LogP contribution in [-0.4, -0.2) is 22.7 Å². The van der Waals surface area contributed by atoms with E-state index in [-0.39, 0.29) is 18.0 Å². The third kappa shape index (κ3) is 3.38. The molecule has 0 fully saturated rings. The van der Waals surface area contributed by atoms with Crippen molar-refractivity contribution in [1.29, 1.82) is 0 Å². The van der Waals surface area contributed by atoms with Crippen LogP contribution in [0.15, 0.2) is 66.0 Å². The van der Waals surface area contributed by atoms with Gasteiger partial charge in [0.15, 0.2) is 0 Å². The number of nitrogens with zero attached hydrogens (tertiary/aromatic N) is 3. The van der Waals surface area contributed by atoms with E-state index < -0.39 is 21.8 Å². The number of sulfonamides is 1. The van der Waals surface area contributed by atoms with Crippen LogP contribution in [0.2, 0.25) is 0 Å². The Morgan fingerprint density at radius 2 is 1.71 bits per heavy atom. The molecule has 0 bridgehead atoms. The summed E-state index contributed by atoms with van der Waals surface area (Å²) in [6, 6.07) is 10.7. The lowest BCUT2D eigenvalue weighted by Crippen LogP contribution is -2.25. The average molecular weight is 405 g/mol. The Bertz CT molecular complexity index is 1100. The second-order valence-electron chi connectivity index (χ2n) is 6.37. The molecule has 0 saturated heterocycles. The molecule has 0 unspecified atom stereocenters. The molecule has 0 saturated carbocycles. The van der Waals surface area contributed by atoms with Crippen LogP contribution in [0.1, 0.15) is 16.8 Å². The molecule has 2 heterocycles. The summed E-state index contributed by atoms with van der Waals surface area (Å²) in [5.74, 6) is 0. The maximum atomic E-state index is 12.9. The Labute approximate surface area is 159 Å². The SMILES string of the molecule is O=S(=O)(c1ccc(-c2cccc(C(F)(F)F)c2)cc1)N1Cc2cncnc2C1. The normalized spacial score (nSPS) is 14.8. The van der Waals surface area contributed by atoms with Crippen molar-refractivity contribution in [1.82, 2.24) is 14.3 Å². The van der Waals surface area contributed by atoms with Crippen LogP contribution in [0.5, 0.6) is 0 Å². The Balaban J connectivity index is 1.60. The molecule has 0 N–H and O–H groups in total. The van der Waals surface area contributed by atoms with Gasteiger partial charge in [0.1, 0.15) is 6.33 Å². The minimum atomic E-state index is -4.44. The van der Waals surface area contributed by atoms with Crippen LogP contribution in [0.25, 0.3) is 11.1 Å². The van der Waals surface area contributed by atoms with E-state index in [1.54, 1.807) is 12.3 Å². The van der Waals surface area contributed by atoms with E-state index in [9.17, 15) is 21.6 Å². The molecule has 1 aromatic heterocycles. The van der Waals surface area contributed by atoms with Gasteiger partial charge in [0.25, 0.3) is 0 Å². The first-order valence-electron chi connectivity index (χ1n) is 8.31. The summed E-state index contributed by atoms with van der Waals surface area (Å²) < 4.78 is 65.7. The maximum absolute atomic E-state index is 12.9. The van der Waals surface area contributed by atoms with Crippen molar-refractivity contribution >= 4 is 10.0 Å². The first-order chi connectivity index (χ1) is 13.2. The highest BCUT2D eigenvalue weighted by Gasteiger charge is 2.32. The zero-order valence-electron chi connectivity index (χ0n) is 14.4. The van der Waals surface area contributed by atoms with Gasteiger partial charge in [0.2, 0.25) is 10.0 Å². The fourth-order valence-corrected chi connectivity index (χ4v) is 4.46. The van der Waals surface area contributed by atoms with Gasteiger partial charge in [-0.25, -0.2) is 18.4 Å². The molecule has 9 heteroatoms. The highest BCUT2D eigenvalue weighted by atomic mass is 32.2. The highest BCUT2D eigenvalue weighted by Crippen LogP contribution is 2.33. The van der Waals surface area contributed by atoms with Gasteiger partial charge in [0, 0.05) is 18.3 Å². The Morgan fingerprint density at radius 1 is 0.964 bits per heavy atom. The van der Waals surface area contributed by atoms with E-state index in [0.717, 1.165) is 17.7 Å². The zero-order valence-corrected chi connectivity index (χ0v) is 15.2. The fraction of sp³-hybridized carbons (Fsp3) is 0.158. The van der Waals surface area contributed by atoms with E-state index in [4.69, 9.17) is 0 Å². The van der Waals surface area contributed by atoms with Gasteiger partial charge >= 0.3 is 6.18 Å². The Kier molecular flexibility index (Phi) is 4.43. The van der Waals surface area contributed by atoms with Crippen LogP contribution < -0.4 is 0 Å². The smallest absolute Gasteiger partial charge is 0.244 e. The van der Waals surface area contributed by atoms with Gasteiger partial charge in [-0.15, -0.1) is 0 Å². The van der Waals surface area contributed by atoms with Crippen molar-refractivity contribution in [2.45, 2.75) is 24.2 Å². The lowest BCUT2D eigenvalue weighted by Gasteiger charge is -2.16. The number of aromatic nitrogens is 2. The molecule has 144 valence electrons.